The van der Waals surface area contributed by atoms with E-state index in [2.05, 4.69) is 22.1 Å². The van der Waals surface area contributed by atoms with Crippen molar-refractivity contribution >= 4 is 11.9 Å². The van der Waals surface area contributed by atoms with E-state index in [-0.39, 0.29) is 11.7 Å². The molecule has 2 aliphatic rings. The predicted molar refractivity (Wildman–Crippen MR) is 90.3 cm³/mol. The fourth-order valence-electron chi connectivity index (χ4n) is 3.10. The molecule has 2 fully saturated rings. The molecule has 2 atom stereocenters. The van der Waals surface area contributed by atoms with Gasteiger partial charge >= 0.3 is 6.09 Å². The molecule has 1 N–H and O–H groups in total. The number of ketones is 1. The number of ether oxygens (including phenoxy) is 1. The summed E-state index contributed by atoms with van der Waals surface area (Å²) in [6, 6.07) is 7.32. The number of nitrogens with zero attached hydrogens (tertiary/aromatic N) is 1. The Bertz CT molecular complexity index is 939. The number of benzene rings is 1. The highest BCUT2D eigenvalue weighted by Crippen LogP contribution is 2.36. The van der Waals surface area contributed by atoms with E-state index >= 15 is 0 Å². The molecule has 2 aromatic rings. The zero-order chi connectivity index (χ0) is 18.1. The molecule has 1 saturated carbocycles. The molecule has 1 amide bonds. The van der Waals surface area contributed by atoms with E-state index in [0.717, 1.165) is 5.56 Å². The smallest absolute Gasteiger partial charge is 0.408 e. The summed E-state index contributed by atoms with van der Waals surface area (Å²) in [7, 11) is 0. The number of cyclic esters (lactones) is 1. The SMILES string of the molecule is O=C1CC(C#Cc2cncc(C3NC(=O)OC3c3cccc(F)c3)c2)C1. The second-order valence-electron chi connectivity index (χ2n) is 6.42. The van der Waals surface area contributed by atoms with Crippen LogP contribution in [0.1, 0.15) is 41.7 Å². The van der Waals surface area contributed by atoms with Gasteiger partial charge in [0.1, 0.15) is 17.6 Å². The maximum Gasteiger partial charge on any atom is 0.408 e. The summed E-state index contributed by atoms with van der Waals surface area (Å²) in [6.07, 6.45) is 3.07. The number of nitrogens with one attached hydrogen (secondary N) is 1. The Morgan fingerprint density at radius 3 is 2.77 bits per heavy atom. The van der Waals surface area contributed by atoms with Gasteiger partial charge in [-0.2, -0.15) is 0 Å². The standard InChI is InChI=1S/C20H15FN2O3/c21-16-3-1-2-14(9-16)19-18(23-20(25)26-19)15-6-13(10-22-11-15)5-4-12-7-17(24)8-12/h1-3,6,9-12,18-19H,7-8H2,(H,23,25). The van der Waals surface area contributed by atoms with Crippen molar-refractivity contribution in [3.05, 3.63) is 65.2 Å². The molecule has 1 aliphatic heterocycles. The fourth-order valence-corrected chi connectivity index (χ4v) is 3.10. The molecule has 6 heteroatoms. The molecule has 0 spiro atoms. The van der Waals surface area contributed by atoms with E-state index in [1.807, 2.05) is 6.07 Å². The van der Waals surface area contributed by atoms with Gasteiger partial charge in [0.05, 0.1) is 0 Å². The van der Waals surface area contributed by atoms with Crippen LogP contribution in [-0.2, 0) is 9.53 Å². The largest absolute Gasteiger partial charge is 0.439 e. The summed E-state index contributed by atoms with van der Waals surface area (Å²) in [5.41, 5.74) is 1.99. The van der Waals surface area contributed by atoms with Crippen LogP contribution < -0.4 is 5.32 Å². The molecule has 5 nitrogen and oxygen atoms in total. The average Bonchev–Trinajstić information content (AvgIpc) is 3.00. The van der Waals surface area contributed by atoms with Gasteiger partial charge in [0.25, 0.3) is 0 Å². The first kappa shape index (κ1) is 16.3. The first-order chi connectivity index (χ1) is 12.6. The minimum atomic E-state index is -0.646. The van der Waals surface area contributed by atoms with E-state index in [9.17, 15) is 14.0 Å². The Hall–Kier alpha value is -3.20. The van der Waals surface area contributed by atoms with Crippen LogP contribution in [0.3, 0.4) is 0 Å². The van der Waals surface area contributed by atoms with Crippen LogP contribution in [0.2, 0.25) is 0 Å². The first-order valence-electron chi connectivity index (χ1n) is 8.29. The monoisotopic (exact) mass is 350 g/mol. The summed E-state index contributed by atoms with van der Waals surface area (Å²) in [4.78, 5) is 27.0. The number of hydrogen-bond acceptors (Lipinski definition) is 4. The highest BCUT2D eigenvalue weighted by atomic mass is 19.1. The maximum absolute atomic E-state index is 13.5. The van der Waals surface area contributed by atoms with Crippen molar-refractivity contribution in [2.75, 3.05) is 0 Å². The summed E-state index contributed by atoms with van der Waals surface area (Å²) in [5, 5.41) is 2.74. The van der Waals surface area contributed by atoms with E-state index < -0.39 is 24.1 Å². The lowest BCUT2D eigenvalue weighted by Gasteiger charge is -2.18. The van der Waals surface area contributed by atoms with Crippen LogP contribution in [-0.4, -0.2) is 16.9 Å². The van der Waals surface area contributed by atoms with Gasteiger partial charge in [-0.25, -0.2) is 9.18 Å². The second kappa shape index (κ2) is 6.60. The maximum atomic E-state index is 13.5. The Kier molecular flexibility index (Phi) is 4.13. The zero-order valence-corrected chi connectivity index (χ0v) is 13.7. The molecular formula is C20H15FN2O3. The average molecular weight is 350 g/mol. The van der Waals surface area contributed by atoms with Crippen molar-refractivity contribution in [2.45, 2.75) is 25.0 Å². The van der Waals surface area contributed by atoms with Gasteiger partial charge in [0.15, 0.2) is 6.10 Å². The summed E-state index contributed by atoms with van der Waals surface area (Å²) in [5.74, 6) is 6.05. The number of carbonyl (C=O) groups excluding carboxylic acids is 2. The number of pyridine rings is 1. The number of halogens is 1. The lowest BCUT2D eigenvalue weighted by atomic mass is 9.84. The van der Waals surface area contributed by atoms with Gasteiger partial charge < -0.3 is 10.1 Å². The first-order valence-corrected chi connectivity index (χ1v) is 8.29. The Balaban J connectivity index is 1.60. The molecule has 26 heavy (non-hydrogen) atoms. The highest BCUT2D eigenvalue weighted by Gasteiger charge is 2.36. The lowest BCUT2D eigenvalue weighted by Crippen LogP contribution is -2.21. The van der Waals surface area contributed by atoms with Gasteiger partial charge in [-0.15, -0.1) is 0 Å². The number of rotatable bonds is 2. The van der Waals surface area contributed by atoms with Crippen LogP contribution in [0.15, 0.2) is 42.7 Å². The third-order valence-corrected chi connectivity index (χ3v) is 4.47. The molecule has 0 radical (unpaired) electrons. The van der Waals surface area contributed by atoms with Crippen LogP contribution in [0, 0.1) is 23.6 Å². The minimum absolute atomic E-state index is 0.112. The minimum Gasteiger partial charge on any atom is -0.439 e. The van der Waals surface area contributed by atoms with Crippen molar-refractivity contribution in [1.29, 1.82) is 0 Å². The summed E-state index contributed by atoms with van der Waals surface area (Å²) < 4.78 is 18.9. The number of carbonyl (C=O) groups is 2. The lowest BCUT2D eigenvalue weighted by molar-refractivity contribution is -0.125. The molecule has 130 valence electrons. The van der Waals surface area contributed by atoms with E-state index in [1.54, 1.807) is 24.5 Å². The molecule has 1 aliphatic carbocycles. The van der Waals surface area contributed by atoms with Crippen LogP contribution in [0.5, 0.6) is 0 Å². The van der Waals surface area contributed by atoms with E-state index in [4.69, 9.17) is 4.74 Å². The van der Waals surface area contributed by atoms with Crippen LogP contribution in [0.25, 0.3) is 0 Å². The van der Waals surface area contributed by atoms with Crippen molar-refractivity contribution < 1.29 is 18.7 Å². The molecule has 1 aromatic carbocycles. The molecular weight excluding hydrogens is 335 g/mol. The number of hydrogen-bond donors (Lipinski definition) is 1. The third-order valence-electron chi connectivity index (χ3n) is 4.47. The number of amides is 1. The van der Waals surface area contributed by atoms with Gasteiger partial charge in [-0.1, -0.05) is 24.0 Å². The van der Waals surface area contributed by atoms with Gasteiger partial charge in [0, 0.05) is 36.7 Å². The molecule has 1 aromatic heterocycles. The number of Topliss-reactive ketones (excluding diaryl/α,β-unsaturated/α-hetero) is 1. The number of alkyl carbamates (subject to hydrolysis) is 1. The van der Waals surface area contributed by atoms with Crippen LogP contribution >= 0.6 is 0 Å². The van der Waals surface area contributed by atoms with Crippen LogP contribution in [0.4, 0.5) is 9.18 Å². The Morgan fingerprint density at radius 1 is 1.15 bits per heavy atom. The fraction of sp³-hybridized carbons (Fsp3) is 0.250. The number of aromatic nitrogens is 1. The molecule has 2 unspecified atom stereocenters. The topological polar surface area (TPSA) is 68.3 Å². The van der Waals surface area contributed by atoms with E-state index in [0.29, 0.717) is 24.0 Å². The summed E-state index contributed by atoms with van der Waals surface area (Å²) >= 11 is 0. The van der Waals surface area contributed by atoms with Gasteiger partial charge in [-0.05, 0) is 29.3 Å². The predicted octanol–water partition coefficient (Wildman–Crippen LogP) is 3.07. The van der Waals surface area contributed by atoms with Crippen molar-refractivity contribution in [3.63, 3.8) is 0 Å². The van der Waals surface area contributed by atoms with Crippen molar-refractivity contribution in [1.82, 2.24) is 10.3 Å². The Labute approximate surface area is 149 Å². The summed E-state index contributed by atoms with van der Waals surface area (Å²) in [6.45, 7) is 0. The molecule has 4 rings (SSSR count). The normalized spacial score (nSPS) is 22.0. The van der Waals surface area contributed by atoms with Crippen molar-refractivity contribution in [3.8, 4) is 11.8 Å². The zero-order valence-electron chi connectivity index (χ0n) is 13.7. The molecule has 0 bridgehead atoms. The highest BCUT2D eigenvalue weighted by molar-refractivity contribution is 5.85. The Morgan fingerprint density at radius 2 is 2.00 bits per heavy atom. The quantitative estimate of drug-likeness (QED) is 0.845. The van der Waals surface area contributed by atoms with Crippen molar-refractivity contribution in [2.24, 2.45) is 5.92 Å². The van der Waals surface area contributed by atoms with E-state index in [1.165, 1.54) is 12.1 Å². The third kappa shape index (κ3) is 3.29. The van der Waals surface area contributed by atoms with Gasteiger partial charge in [-0.3, -0.25) is 9.78 Å². The molecule has 2 heterocycles. The van der Waals surface area contributed by atoms with Gasteiger partial charge in [0.2, 0.25) is 0 Å². The molecule has 1 saturated heterocycles. The second-order valence-corrected chi connectivity index (χ2v) is 6.42.